The molecule has 0 spiro atoms. The van der Waals surface area contributed by atoms with Crippen LogP contribution in [0.3, 0.4) is 0 Å². The van der Waals surface area contributed by atoms with Gasteiger partial charge < -0.3 is 0 Å². The van der Waals surface area contributed by atoms with Gasteiger partial charge in [0.1, 0.15) is 0 Å². The highest BCUT2D eigenvalue weighted by Crippen LogP contribution is 2.26. The van der Waals surface area contributed by atoms with Crippen molar-refractivity contribution in [2.45, 2.75) is 17.7 Å². The van der Waals surface area contributed by atoms with Crippen molar-refractivity contribution in [2.75, 3.05) is 12.8 Å². The molecule has 1 aromatic rings. The van der Waals surface area contributed by atoms with E-state index in [2.05, 4.69) is 4.72 Å². The topological polar surface area (TPSA) is 72.2 Å². The first-order valence-electron chi connectivity index (χ1n) is 4.84. The third-order valence-corrected chi connectivity index (χ3v) is 3.64. The fourth-order valence-corrected chi connectivity index (χ4v) is 2.63. The van der Waals surface area contributed by atoms with Gasteiger partial charge in [-0.3, -0.25) is 0 Å². The van der Waals surface area contributed by atoms with Gasteiger partial charge in [-0.05, 0) is 23.8 Å². The predicted octanol–water partition coefficient (Wildman–Crippen LogP) is 1.31. The van der Waals surface area contributed by atoms with E-state index >= 15 is 0 Å². The van der Waals surface area contributed by atoms with Gasteiger partial charge in [0.25, 0.3) is 10.2 Å². The Balaban J connectivity index is 2.76. The van der Waals surface area contributed by atoms with E-state index in [9.17, 15) is 8.42 Å². The van der Waals surface area contributed by atoms with Crippen LogP contribution in [0.4, 0.5) is 0 Å². The first-order chi connectivity index (χ1) is 7.44. The highest BCUT2D eigenvalue weighted by molar-refractivity contribution is 7.98. The average molecular weight is 260 g/mol. The SMILES string of the molecule is CSc1ccccc1C(C)CNS(N)(=O)=O. The molecule has 0 fully saturated rings. The minimum absolute atomic E-state index is 0.0991. The van der Waals surface area contributed by atoms with Crippen LogP contribution in [0.1, 0.15) is 18.4 Å². The molecule has 1 rings (SSSR count). The number of hydrogen-bond donors (Lipinski definition) is 2. The standard InChI is InChI=1S/C10H16N2O2S2/c1-8(7-12-16(11,13)14)9-5-3-4-6-10(9)15-2/h3-6,8,12H,7H2,1-2H3,(H2,11,13,14). The molecule has 0 aliphatic heterocycles. The van der Waals surface area contributed by atoms with Crippen molar-refractivity contribution < 1.29 is 8.42 Å². The largest absolute Gasteiger partial charge is 0.274 e. The zero-order valence-electron chi connectivity index (χ0n) is 9.30. The Kier molecular flexibility index (Phi) is 4.79. The molecule has 0 aromatic heterocycles. The summed E-state index contributed by atoms with van der Waals surface area (Å²) in [6, 6.07) is 7.94. The van der Waals surface area contributed by atoms with Crippen molar-refractivity contribution in [1.82, 2.24) is 4.72 Å². The highest BCUT2D eigenvalue weighted by atomic mass is 32.2. The summed E-state index contributed by atoms with van der Waals surface area (Å²) in [7, 11) is -3.60. The van der Waals surface area contributed by atoms with Crippen molar-refractivity contribution in [2.24, 2.45) is 5.14 Å². The second kappa shape index (κ2) is 5.67. The summed E-state index contributed by atoms with van der Waals surface area (Å²) >= 11 is 1.65. The van der Waals surface area contributed by atoms with Crippen LogP contribution < -0.4 is 9.86 Å². The van der Waals surface area contributed by atoms with Crippen LogP contribution in [0.2, 0.25) is 0 Å². The van der Waals surface area contributed by atoms with Crippen LogP contribution in [-0.2, 0) is 10.2 Å². The Morgan fingerprint density at radius 1 is 1.44 bits per heavy atom. The molecule has 1 aromatic carbocycles. The van der Waals surface area contributed by atoms with Gasteiger partial charge in [0.05, 0.1) is 0 Å². The summed E-state index contributed by atoms with van der Waals surface area (Å²) in [5, 5.41) is 4.89. The second-order valence-electron chi connectivity index (χ2n) is 3.54. The molecule has 0 radical (unpaired) electrons. The van der Waals surface area contributed by atoms with E-state index in [1.54, 1.807) is 11.8 Å². The summed E-state index contributed by atoms with van der Waals surface area (Å²) in [4.78, 5) is 1.16. The molecule has 4 nitrogen and oxygen atoms in total. The maximum atomic E-state index is 10.8. The lowest BCUT2D eigenvalue weighted by atomic mass is 10.0. The van der Waals surface area contributed by atoms with Gasteiger partial charge in [0.15, 0.2) is 0 Å². The van der Waals surface area contributed by atoms with E-state index in [0.29, 0.717) is 6.54 Å². The van der Waals surface area contributed by atoms with Gasteiger partial charge in [-0.25, -0.2) is 9.86 Å². The molecule has 0 heterocycles. The highest BCUT2D eigenvalue weighted by Gasteiger charge is 2.11. The summed E-state index contributed by atoms with van der Waals surface area (Å²) in [5.41, 5.74) is 1.13. The van der Waals surface area contributed by atoms with Gasteiger partial charge in [0, 0.05) is 11.4 Å². The summed E-state index contributed by atoms with van der Waals surface area (Å²) in [5.74, 6) is 0.0991. The first kappa shape index (κ1) is 13.5. The fraction of sp³-hybridized carbons (Fsp3) is 0.400. The molecule has 0 aliphatic carbocycles. The number of rotatable bonds is 5. The predicted molar refractivity (Wildman–Crippen MR) is 67.7 cm³/mol. The maximum Gasteiger partial charge on any atom is 0.274 e. The monoisotopic (exact) mass is 260 g/mol. The molecule has 3 N–H and O–H groups in total. The van der Waals surface area contributed by atoms with Crippen molar-refractivity contribution >= 4 is 22.0 Å². The molecule has 1 unspecified atom stereocenters. The summed E-state index contributed by atoms with van der Waals surface area (Å²) in [6.45, 7) is 2.28. The molecule has 1 atom stereocenters. The lowest BCUT2D eigenvalue weighted by Gasteiger charge is -2.15. The lowest BCUT2D eigenvalue weighted by molar-refractivity contribution is 0.576. The average Bonchev–Trinajstić information content (AvgIpc) is 2.25. The number of nitrogens with one attached hydrogen (secondary N) is 1. The summed E-state index contributed by atoms with van der Waals surface area (Å²) in [6.07, 6.45) is 2.00. The molecule has 16 heavy (non-hydrogen) atoms. The molecule has 0 amide bonds. The van der Waals surface area contributed by atoms with Crippen molar-refractivity contribution in [3.05, 3.63) is 29.8 Å². The summed E-state index contributed by atoms with van der Waals surface area (Å²) < 4.78 is 23.9. The van der Waals surface area contributed by atoms with Gasteiger partial charge in [-0.1, -0.05) is 25.1 Å². The van der Waals surface area contributed by atoms with Crippen LogP contribution >= 0.6 is 11.8 Å². The Labute approximate surface area is 101 Å². The van der Waals surface area contributed by atoms with E-state index in [1.807, 2.05) is 37.4 Å². The third kappa shape index (κ3) is 4.13. The molecule has 0 aliphatic rings. The Hall–Kier alpha value is -0.560. The smallest absolute Gasteiger partial charge is 0.216 e. The van der Waals surface area contributed by atoms with Gasteiger partial charge >= 0.3 is 0 Å². The van der Waals surface area contributed by atoms with E-state index in [4.69, 9.17) is 5.14 Å². The van der Waals surface area contributed by atoms with Crippen molar-refractivity contribution in [1.29, 1.82) is 0 Å². The zero-order valence-corrected chi connectivity index (χ0v) is 10.9. The van der Waals surface area contributed by atoms with Crippen LogP contribution in [-0.4, -0.2) is 21.2 Å². The maximum absolute atomic E-state index is 10.8. The third-order valence-electron chi connectivity index (χ3n) is 2.26. The Morgan fingerprint density at radius 3 is 2.62 bits per heavy atom. The number of hydrogen-bond acceptors (Lipinski definition) is 3. The molecular weight excluding hydrogens is 244 g/mol. The van der Waals surface area contributed by atoms with Crippen LogP contribution in [0.5, 0.6) is 0 Å². The van der Waals surface area contributed by atoms with Gasteiger partial charge in [-0.15, -0.1) is 11.8 Å². The number of benzene rings is 1. The molecule has 0 saturated carbocycles. The molecule has 0 bridgehead atoms. The quantitative estimate of drug-likeness (QED) is 0.784. The molecule has 6 heteroatoms. The minimum Gasteiger partial charge on any atom is -0.216 e. The number of nitrogens with two attached hydrogens (primary N) is 1. The van der Waals surface area contributed by atoms with E-state index in [1.165, 1.54) is 0 Å². The second-order valence-corrected chi connectivity index (χ2v) is 5.76. The van der Waals surface area contributed by atoms with Crippen molar-refractivity contribution in [3.8, 4) is 0 Å². The molecule has 90 valence electrons. The van der Waals surface area contributed by atoms with Crippen LogP contribution in [0.15, 0.2) is 29.2 Å². The Morgan fingerprint density at radius 2 is 2.06 bits per heavy atom. The lowest BCUT2D eigenvalue weighted by Crippen LogP contribution is -2.33. The van der Waals surface area contributed by atoms with Gasteiger partial charge in [0.2, 0.25) is 0 Å². The van der Waals surface area contributed by atoms with E-state index < -0.39 is 10.2 Å². The first-order valence-corrected chi connectivity index (χ1v) is 7.61. The molecule has 0 saturated heterocycles. The van der Waals surface area contributed by atoms with E-state index in [-0.39, 0.29) is 5.92 Å². The minimum atomic E-state index is -3.60. The zero-order chi connectivity index (χ0) is 12.2. The number of thioether (sulfide) groups is 1. The van der Waals surface area contributed by atoms with Crippen LogP contribution in [0, 0.1) is 0 Å². The normalized spacial score (nSPS) is 13.7. The fourth-order valence-electron chi connectivity index (χ4n) is 1.42. The van der Waals surface area contributed by atoms with Crippen molar-refractivity contribution in [3.63, 3.8) is 0 Å². The van der Waals surface area contributed by atoms with Gasteiger partial charge in [-0.2, -0.15) is 8.42 Å². The molecular formula is C10H16N2O2S2. The van der Waals surface area contributed by atoms with E-state index in [0.717, 1.165) is 10.5 Å². The Bertz CT molecular complexity index is 446. The van der Waals surface area contributed by atoms with Crippen LogP contribution in [0.25, 0.3) is 0 Å².